The molecule has 5 heterocycles. The number of nitrogens with one attached hydrogen (secondary N) is 3. The van der Waals surface area contributed by atoms with E-state index in [4.69, 9.17) is 16.6 Å². The van der Waals surface area contributed by atoms with Gasteiger partial charge in [0.15, 0.2) is 5.13 Å². The fourth-order valence-corrected chi connectivity index (χ4v) is 8.34. The van der Waals surface area contributed by atoms with Gasteiger partial charge in [0.25, 0.3) is 17.7 Å². The SMILES string of the molecule is Cc1nc(Nc2ncc(C(=O)Nc3c(C)cccc3Cl)s2)cc(N2CCC(N(C)Cc3cc4c(cc3Br)C(=O)N(C3CCC(=O)NC3=O)C4=O)CC2)n1. The van der Waals surface area contributed by atoms with E-state index in [0.717, 1.165) is 47.8 Å². The summed E-state index contributed by atoms with van der Waals surface area (Å²) in [5.74, 6) is -0.453. The number of para-hydroxylation sites is 1. The number of thiazole rings is 1. The van der Waals surface area contributed by atoms with Crippen molar-refractivity contribution in [1.82, 2.24) is 30.1 Å². The number of rotatable bonds is 9. The molecule has 3 aliphatic heterocycles. The Hall–Kier alpha value is -4.77. The molecule has 5 amide bonds. The minimum absolute atomic E-state index is 0.0677. The first kappa shape index (κ1) is 36.6. The highest BCUT2D eigenvalue weighted by Gasteiger charge is 2.45. The summed E-state index contributed by atoms with van der Waals surface area (Å²) in [6.07, 6.45) is 3.41. The van der Waals surface area contributed by atoms with E-state index in [-0.39, 0.29) is 35.9 Å². The van der Waals surface area contributed by atoms with E-state index >= 15 is 0 Å². The Balaban J connectivity index is 0.963. The number of hydrogen-bond acceptors (Lipinski definition) is 12. The van der Waals surface area contributed by atoms with Crippen molar-refractivity contribution in [3.63, 3.8) is 0 Å². The van der Waals surface area contributed by atoms with E-state index in [9.17, 15) is 24.0 Å². The van der Waals surface area contributed by atoms with Crippen LogP contribution in [0.3, 0.4) is 0 Å². The number of hydrogen-bond donors (Lipinski definition) is 3. The smallest absolute Gasteiger partial charge is 0.267 e. The van der Waals surface area contributed by atoms with E-state index in [2.05, 4.69) is 51.6 Å². The predicted molar refractivity (Wildman–Crippen MR) is 204 cm³/mol. The largest absolute Gasteiger partial charge is 0.356 e. The summed E-state index contributed by atoms with van der Waals surface area (Å²) in [6.45, 7) is 5.76. The molecule has 2 aromatic carbocycles. The molecule has 1 atom stereocenters. The van der Waals surface area contributed by atoms with Crippen LogP contribution in [0.15, 0.2) is 47.1 Å². The molecule has 1 unspecified atom stereocenters. The van der Waals surface area contributed by atoms with Crippen LogP contribution in [0, 0.1) is 13.8 Å². The highest BCUT2D eigenvalue weighted by atomic mass is 79.9. The summed E-state index contributed by atoms with van der Waals surface area (Å²) in [4.78, 5) is 83.1. The standard InChI is InChI=1S/C36H35BrClN9O5S/c1-18-5-4-6-25(38)31(18)44-33(50)27-16-39-36(53-27)42-28-15-29(41-19(2)40-28)46-11-9-21(10-12-46)45(3)17-20-13-22-23(14-24(20)37)35(52)47(34(22)51)26-7-8-30(48)43-32(26)49/h4-6,13-16,21,26H,7-12,17H2,1-3H3,(H,44,50)(H,43,48,49)(H,39,40,41,42). The predicted octanol–water partition coefficient (Wildman–Crippen LogP) is 5.46. The van der Waals surface area contributed by atoms with Crippen molar-refractivity contribution >= 4 is 90.9 Å². The summed E-state index contributed by atoms with van der Waals surface area (Å²) in [5, 5.41) is 9.31. The summed E-state index contributed by atoms with van der Waals surface area (Å²) in [6, 6.07) is 9.93. The van der Waals surface area contributed by atoms with Crippen molar-refractivity contribution < 1.29 is 24.0 Å². The number of nitrogens with zero attached hydrogens (tertiary/aromatic N) is 6. The number of halogens is 2. The van der Waals surface area contributed by atoms with Gasteiger partial charge in [-0.3, -0.25) is 39.1 Å². The van der Waals surface area contributed by atoms with Crippen molar-refractivity contribution in [2.45, 2.75) is 58.2 Å². The topological polar surface area (TPSA) is 170 Å². The molecule has 17 heteroatoms. The zero-order chi connectivity index (χ0) is 37.6. The first-order valence-corrected chi connectivity index (χ1v) is 19.0. The lowest BCUT2D eigenvalue weighted by atomic mass is 10.0. The van der Waals surface area contributed by atoms with Crippen LogP contribution in [0.4, 0.5) is 22.5 Å². The van der Waals surface area contributed by atoms with E-state index in [1.807, 2.05) is 39.1 Å². The molecule has 0 aliphatic carbocycles. The van der Waals surface area contributed by atoms with Crippen LogP contribution in [0.25, 0.3) is 0 Å². The second-order valence-corrected chi connectivity index (χ2v) is 15.6. The lowest BCUT2D eigenvalue weighted by Crippen LogP contribution is -2.54. The van der Waals surface area contributed by atoms with Crippen LogP contribution in [0.1, 0.15) is 73.0 Å². The Morgan fingerprint density at radius 3 is 2.51 bits per heavy atom. The molecule has 4 aromatic rings. The van der Waals surface area contributed by atoms with Crippen molar-refractivity contribution in [1.29, 1.82) is 0 Å². The molecule has 53 heavy (non-hydrogen) atoms. The molecule has 14 nitrogen and oxygen atoms in total. The Kier molecular flexibility index (Phi) is 10.3. The fourth-order valence-electron chi connectivity index (χ4n) is 6.88. The number of imide groups is 2. The zero-order valence-corrected chi connectivity index (χ0v) is 32.2. The third-order valence-corrected chi connectivity index (χ3v) is 11.7. The number of carbonyl (C=O) groups excluding carboxylic acids is 5. The van der Waals surface area contributed by atoms with Gasteiger partial charge in [-0.1, -0.05) is 51.0 Å². The van der Waals surface area contributed by atoms with E-state index in [0.29, 0.717) is 43.4 Å². The first-order valence-electron chi connectivity index (χ1n) is 17.0. The minimum atomic E-state index is -1.01. The van der Waals surface area contributed by atoms with Gasteiger partial charge in [0.2, 0.25) is 11.8 Å². The Morgan fingerprint density at radius 2 is 1.79 bits per heavy atom. The molecular weight excluding hydrogens is 786 g/mol. The zero-order valence-electron chi connectivity index (χ0n) is 29.0. The van der Waals surface area contributed by atoms with E-state index in [1.54, 1.807) is 18.2 Å². The molecule has 0 bridgehead atoms. The van der Waals surface area contributed by atoms with E-state index < -0.39 is 29.7 Å². The second-order valence-electron chi connectivity index (χ2n) is 13.3. The normalized spacial score (nSPS) is 17.7. The lowest BCUT2D eigenvalue weighted by Gasteiger charge is -2.37. The van der Waals surface area contributed by atoms with Gasteiger partial charge in [-0.25, -0.2) is 15.0 Å². The monoisotopic (exact) mass is 819 g/mol. The number of aryl methyl sites for hydroxylation is 2. The van der Waals surface area contributed by atoms with Gasteiger partial charge in [0, 0.05) is 42.6 Å². The van der Waals surface area contributed by atoms with Gasteiger partial charge in [0.1, 0.15) is 28.4 Å². The Bertz CT molecular complexity index is 2150. The quantitative estimate of drug-likeness (QED) is 0.183. The summed E-state index contributed by atoms with van der Waals surface area (Å²) in [5.41, 5.74) is 2.78. The van der Waals surface area contributed by atoms with Crippen LogP contribution in [-0.2, 0) is 16.1 Å². The van der Waals surface area contributed by atoms with Gasteiger partial charge in [0.05, 0.1) is 28.0 Å². The number of piperidine rings is 2. The number of fused-ring (bicyclic) bond motifs is 1. The van der Waals surface area contributed by atoms with Gasteiger partial charge < -0.3 is 15.5 Å². The highest BCUT2D eigenvalue weighted by Crippen LogP contribution is 2.34. The first-order chi connectivity index (χ1) is 25.4. The van der Waals surface area contributed by atoms with Gasteiger partial charge in [-0.15, -0.1) is 0 Å². The molecule has 2 aromatic heterocycles. The maximum atomic E-state index is 13.4. The number of aromatic nitrogens is 3. The molecule has 0 radical (unpaired) electrons. The number of anilines is 4. The fraction of sp³-hybridized carbons (Fsp3) is 0.333. The van der Waals surface area contributed by atoms with Crippen molar-refractivity contribution in [2.24, 2.45) is 0 Å². The number of amides is 5. The van der Waals surface area contributed by atoms with Crippen LogP contribution in [0.2, 0.25) is 5.02 Å². The minimum Gasteiger partial charge on any atom is -0.356 e. The molecule has 7 rings (SSSR count). The van der Waals surface area contributed by atoms with Gasteiger partial charge in [-0.05, 0) is 69.5 Å². The molecule has 274 valence electrons. The highest BCUT2D eigenvalue weighted by molar-refractivity contribution is 9.10. The van der Waals surface area contributed by atoms with Gasteiger partial charge >= 0.3 is 0 Å². The van der Waals surface area contributed by atoms with Crippen LogP contribution in [-0.4, -0.2) is 86.5 Å². The van der Waals surface area contributed by atoms with Crippen LogP contribution < -0.4 is 20.9 Å². The van der Waals surface area contributed by atoms with Crippen molar-refractivity contribution in [3.05, 3.63) is 85.0 Å². The maximum absolute atomic E-state index is 13.4. The Labute approximate surface area is 322 Å². The van der Waals surface area contributed by atoms with Crippen molar-refractivity contribution in [2.75, 3.05) is 35.7 Å². The number of benzene rings is 2. The molecular formula is C36H35BrClN9O5S. The third-order valence-electron chi connectivity index (χ3n) is 9.69. The Morgan fingerprint density at radius 1 is 1.06 bits per heavy atom. The van der Waals surface area contributed by atoms with E-state index in [1.165, 1.54) is 17.5 Å². The van der Waals surface area contributed by atoms with Crippen molar-refractivity contribution in [3.8, 4) is 0 Å². The van der Waals surface area contributed by atoms with Crippen LogP contribution in [0.5, 0.6) is 0 Å². The number of carbonyl (C=O) groups is 5. The molecule has 3 N–H and O–H groups in total. The van der Waals surface area contributed by atoms with Gasteiger partial charge in [-0.2, -0.15) is 0 Å². The molecule has 2 saturated heterocycles. The molecule has 0 saturated carbocycles. The summed E-state index contributed by atoms with van der Waals surface area (Å²) in [7, 11) is 2.04. The second kappa shape index (κ2) is 14.9. The van der Waals surface area contributed by atoms with Crippen LogP contribution >= 0.6 is 38.9 Å². The average Bonchev–Trinajstić information content (AvgIpc) is 3.68. The molecule has 0 spiro atoms. The lowest BCUT2D eigenvalue weighted by molar-refractivity contribution is -0.136. The molecule has 3 aliphatic rings. The third kappa shape index (κ3) is 7.54. The maximum Gasteiger partial charge on any atom is 0.267 e. The summed E-state index contributed by atoms with van der Waals surface area (Å²) < 4.78 is 0.701. The molecule has 2 fully saturated rings. The average molecular weight is 821 g/mol. The summed E-state index contributed by atoms with van der Waals surface area (Å²) >= 11 is 11.1.